The summed E-state index contributed by atoms with van der Waals surface area (Å²) in [4.78, 5) is 8.82. The Bertz CT molecular complexity index is 322. The molecule has 76 valence electrons. The Morgan fingerprint density at radius 1 is 1.57 bits per heavy atom. The minimum absolute atomic E-state index is 0.647. The molecule has 0 aromatic carbocycles. The average Bonchev–Trinajstić information content (AvgIpc) is 2.27. The molecular formula is C11H17N3. The molecule has 1 unspecified atom stereocenters. The molecule has 0 spiro atoms. The van der Waals surface area contributed by atoms with Crippen LogP contribution < -0.4 is 5.32 Å². The molecule has 2 rings (SSSR count). The molecule has 1 aromatic heterocycles. The summed E-state index contributed by atoms with van der Waals surface area (Å²) in [5, 5.41) is 3.00. The molecule has 14 heavy (non-hydrogen) atoms. The second-order valence-electron chi connectivity index (χ2n) is 3.85. The summed E-state index contributed by atoms with van der Waals surface area (Å²) >= 11 is 0. The largest absolute Gasteiger partial charge is 0.357 e. The van der Waals surface area contributed by atoms with E-state index in [0.29, 0.717) is 5.92 Å². The number of hydrogen-bond donors (Lipinski definition) is 1. The first kappa shape index (κ1) is 9.44. The molecular weight excluding hydrogens is 174 g/mol. The van der Waals surface area contributed by atoms with E-state index in [9.17, 15) is 0 Å². The summed E-state index contributed by atoms with van der Waals surface area (Å²) in [6.45, 7) is 2.24. The van der Waals surface area contributed by atoms with E-state index < -0.39 is 0 Å². The molecule has 0 aliphatic heterocycles. The minimum Gasteiger partial charge on any atom is -0.357 e. The van der Waals surface area contributed by atoms with Gasteiger partial charge in [0, 0.05) is 19.2 Å². The van der Waals surface area contributed by atoms with Crippen molar-refractivity contribution in [1.29, 1.82) is 0 Å². The van der Waals surface area contributed by atoms with Crippen molar-refractivity contribution in [3.63, 3.8) is 0 Å². The Morgan fingerprint density at radius 3 is 3.14 bits per heavy atom. The van der Waals surface area contributed by atoms with Crippen molar-refractivity contribution in [3.05, 3.63) is 17.5 Å². The Hall–Kier alpha value is -1.12. The number of hydrogen-bond acceptors (Lipinski definition) is 3. The fraction of sp³-hybridized carbons (Fsp3) is 0.636. The Balaban J connectivity index is 2.38. The maximum atomic E-state index is 4.56. The van der Waals surface area contributed by atoms with E-state index in [0.717, 1.165) is 12.4 Å². The second-order valence-corrected chi connectivity index (χ2v) is 3.85. The van der Waals surface area contributed by atoms with Crippen molar-refractivity contribution >= 4 is 5.95 Å². The highest BCUT2D eigenvalue weighted by molar-refractivity contribution is 5.32. The van der Waals surface area contributed by atoms with Crippen molar-refractivity contribution in [2.24, 2.45) is 0 Å². The van der Waals surface area contributed by atoms with Gasteiger partial charge in [-0.1, -0.05) is 6.92 Å². The Labute approximate surface area is 85.0 Å². The third-order valence-electron chi connectivity index (χ3n) is 3.00. The molecule has 0 bridgehead atoms. The topological polar surface area (TPSA) is 37.8 Å². The van der Waals surface area contributed by atoms with Gasteiger partial charge in [-0.25, -0.2) is 9.97 Å². The molecule has 1 atom stereocenters. The molecule has 0 saturated carbocycles. The first-order chi connectivity index (χ1) is 6.85. The Kier molecular flexibility index (Phi) is 2.66. The van der Waals surface area contributed by atoms with Crippen LogP contribution in [0.25, 0.3) is 0 Å². The van der Waals surface area contributed by atoms with Crippen LogP contribution in [-0.4, -0.2) is 17.0 Å². The SMILES string of the molecule is CCC1CCCc2cnc(NC)nc21. The van der Waals surface area contributed by atoms with Crippen molar-refractivity contribution < 1.29 is 0 Å². The smallest absolute Gasteiger partial charge is 0.222 e. The van der Waals surface area contributed by atoms with Crippen LogP contribution in [0.4, 0.5) is 5.95 Å². The molecule has 3 nitrogen and oxygen atoms in total. The van der Waals surface area contributed by atoms with Gasteiger partial charge in [0.1, 0.15) is 0 Å². The maximum Gasteiger partial charge on any atom is 0.222 e. The quantitative estimate of drug-likeness (QED) is 0.779. The number of fused-ring (bicyclic) bond motifs is 1. The molecule has 0 radical (unpaired) electrons. The summed E-state index contributed by atoms with van der Waals surface area (Å²) in [5.74, 6) is 1.40. The van der Waals surface area contributed by atoms with Gasteiger partial charge in [0.15, 0.2) is 0 Å². The molecule has 0 fully saturated rings. The molecule has 0 saturated heterocycles. The number of rotatable bonds is 2. The van der Waals surface area contributed by atoms with Gasteiger partial charge in [0.25, 0.3) is 0 Å². The summed E-state index contributed by atoms with van der Waals surface area (Å²) < 4.78 is 0. The minimum atomic E-state index is 0.647. The highest BCUT2D eigenvalue weighted by Crippen LogP contribution is 2.32. The average molecular weight is 191 g/mol. The van der Waals surface area contributed by atoms with E-state index in [4.69, 9.17) is 0 Å². The lowest BCUT2D eigenvalue weighted by Gasteiger charge is -2.23. The van der Waals surface area contributed by atoms with E-state index >= 15 is 0 Å². The van der Waals surface area contributed by atoms with E-state index in [1.807, 2.05) is 13.2 Å². The number of nitrogens with one attached hydrogen (secondary N) is 1. The summed E-state index contributed by atoms with van der Waals surface area (Å²) in [5.41, 5.74) is 2.63. The predicted molar refractivity (Wildman–Crippen MR) is 57.5 cm³/mol. The zero-order valence-corrected chi connectivity index (χ0v) is 8.88. The van der Waals surface area contributed by atoms with Gasteiger partial charge < -0.3 is 5.32 Å². The summed E-state index contributed by atoms with van der Waals surface area (Å²) in [6, 6.07) is 0. The van der Waals surface area contributed by atoms with Gasteiger partial charge in [-0.15, -0.1) is 0 Å². The first-order valence-electron chi connectivity index (χ1n) is 5.38. The second kappa shape index (κ2) is 3.95. The first-order valence-corrected chi connectivity index (χ1v) is 5.38. The van der Waals surface area contributed by atoms with Crippen LogP contribution in [0.2, 0.25) is 0 Å². The lowest BCUT2D eigenvalue weighted by Crippen LogP contribution is -2.13. The van der Waals surface area contributed by atoms with Crippen LogP contribution in [0.1, 0.15) is 43.4 Å². The van der Waals surface area contributed by atoms with E-state index in [1.165, 1.54) is 30.5 Å². The van der Waals surface area contributed by atoms with Crippen LogP contribution in [-0.2, 0) is 6.42 Å². The number of aromatic nitrogens is 2. The van der Waals surface area contributed by atoms with E-state index in [2.05, 4.69) is 22.2 Å². The van der Waals surface area contributed by atoms with Crippen molar-refractivity contribution in [1.82, 2.24) is 9.97 Å². The molecule has 1 aliphatic carbocycles. The zero-order chi connectivity index (χ0) is 9.97. The highest BCUT2D eigenvalue weighted by atomic mass is 15.1. The fourth-order valence-electron chi connectivity index (χ4n) is 2.16. The van der Waals surface area contributed by atoms with Gasteiger partial charge in [-0.3, -0.25) is 0 Å². The molecule has 1 N–H and O–H groups in total. The monoisotopic (exact) mass is 191 g/mol. The van der Waals surface area contributed by atoms with Crippen LogP contribution in [0.3, 0.4) is 0 Å². The predicted octanol–water partition coefficient (Wildman–Crippen LogP) is 2.35. The van der Waals surface area contributed by atoms with Crippen molar-refractivity contribution in [2.45, 2.75) is 38.5 Å². The third-order valence-corrected chi connectivity index (χ3v) is 3.00. The normalized spacial score (nSPS) is 20.3. The Morgan fingerprint density at radius 2 is 2.43 bits per heavy atom. The van der Waals surface area contributed by atoms with Crippen molar-refractivity contribution in [3.8, 4) is 0 Å². The number of anilines is 1. The van der Waals surface area contributed by atoms with Gasteiger partial charge in [-0.2, -0.15) is 0 Å². The van der Waals surface area contributed by atoms with Crippen molar-refractivity contribution in [2.75, 3.05) is 12.4 Å². The van der Waals surface area contributed by atoms with Gasteiger partial charge in [0.05, 0.1) is 5.69 Å². The molecule has 0 amide bonds. The van der Waals surface area contributed by atoms with E-state index in [1.54, 1.807) is 0 Å². The standard InChI is InChI=1S/C11H17N3/c1-3-8-5-4-6-9-7-13-11(12-2)14-10(8)9/h7-8H,3-6H2,1-2H3,(H,12,13,14). The summed E-state index contributed by atoms with van der Waals surface area (Å²) in [6.07, 6.45) is 6.89. The lowest BCUT2D eigenvalue weighted by molar-refractivity contribution is 0.523. The van der Waals surface area contributed by atoms with Gasteiger partial charge >= 0.3 is 0 Å². The zero-order valence-electron chi connectivity index (χ0n) is 8.88. The van der Waals surface area contributed by atoms with Crippen LogP contribution in [0.15, 0.2) is 6.20 Å². The summed E-state index contributed by atoms with van der Waals surface area (Å²) in [7, 11) is 1.87. The maximum absolute atomic E-state index is 4.56. The molecule has 1 heterocycles. The molecule has 3 heteroatoms. The van der Waals surface area contributed by atoms with Gasteiger partial charge in [0.2, 0.25) is 5.95 Å². The van der Waals surface area contributed by atoms with E-state index in [-0.39, 0.29) is 0 Å². The molecule has 1 aliphatic rings. The third kappa shape index (κ3) is 1.59. The number of aryl methyl sites for hydroxylation is 1. The fourth-order valence-corrected chi connectivity index (χ4v) is 2.16. The number of nitrogens with zero attached hydrogens (tertiary/aromatic N) is 2. The molecule has 1 aromatic rings. The van der Waals surface area contributed by atoms with Crippen LogP contribution in [0.5, 0.6) is 0 Å². The lowest BCUT2D eigenvalue weighted by atomic mass is 9.86. The highest BCUT2D eigenvalue weighted by Gasteiger charge is 2.20. The van der Waals surface area contributed by atoms with Crippen LogP contribution >= 0.6 is 0 Å². The van der Waals surface area contributed by atoms with Gasteiger partial charge in [-0.05, 0) is 31.2 Å². The van der Waals surface area contributed by atoms with Crippen LogP contribution in [0, 0.1) is 0 Å².